The third kappa shape index (κ3) is 3.14. The smallest absolute Gasteiger partial charge is 0.254 e. The van der Waals surface area contributed by atoms with Crippen molar-refractivity contribution < 1.29 is 14.3 Å². The lowest BCUT2D eigenvalue weighted by Crippen LogP contribution is -2.49. The first-order valence-corrected chi connectivity index (χ1v) is 8.76. The molecule has 0 unspecified atom stereocenters. The molecule has 126 valence electrons. The van der Waals surface area contributed by atoms with Crippen molar-refractivity contribution in [1.29, 1.82) is 0 Å². The third-order valence-corrected chi connectivity index (χ3v) is 5.47. The van der Waals surface area contributed by atoms with Crippen LogP contribution in [0.2, 0.25) is 5.02 Å². The van der Waals surface area contributed by atoms with Gasteiger partial charge in [-0.2, -0.15) is 0 Å². The van der Waals surface area contributed by atoms with Crippen molar-refractivity contribution >= 4 is 17.5 Å². The minimum Gasteiger partial charge on any atom is -0.493 e. The first kappa shape index (κ1) is 16.4. The highest BCUT2D eigenvalue weighted by atomic mass is 35.5. The summed E-state index contributed by atoms with van der Waals surface area (Å²) >= 11 is 6.26. The molecular weight excluding hydrogens is 314 g/mol. The van der Waals surface area contributed by atoms with Gasteiger partial charge in [0.1, 0.15) is 0 Å². The number of benzene rings is 1. The first-order valence-electron chi connectivity index (χ1n) is 8.38. The largest absolute Gasteiger partial charge is 0.493 e. The van der Waals surface area contributed by atoms with Crippen LogP contribution in [0.25, 0.3) is 0 Å². The fourth-order valence-electron chi connectivity index (χ4n) is 4.08. The van der Waals surface area contributed by atoms with E-state index in [-0.39, 0.29) is 5.91 Å². The van der Waals surface area contributed by atoms with Crippen molar-refractivity contribution in [3.05, 3.63) is 22.7 Å². The lowest BCUT2D eigenvalue weighted by molar-refractivity contribution is 0.0390. The Hall–Kier alpha value is -1.42. The number of amides is 1. The zero-order valence-electron chi connectivity index (χ0n) is 13.8. The lowest BCUT2D eigenvalue weighted by atomic mass is 9.78. The van der Waals surface area contributed by atoms with Gasteiger partial charge in [0.05, 0.1) is 19.2 Å². The number of likely N-dealkylation sites (tertiary alicyclic amines) is 1. The van der Waals surface area contributed by atoms with Crippen LogP contribution in [-0.2, 0) is 0 Å². The molecule has 1 saturated carbocycles. The Morgan fingerprint density at radius 2 is 1.87 bits per heavy atom. The van der Waals surface area contributed by atoms with Gasteiger partial charge in [0.2, 0.25) is 0 Å². The molecule has 5 heteroatoms. The van der Waals surface area contributed by atoms with E-state index in [1.807, 2.05) is 0 Å². The molecule has 1 aromatic rings. The molecule has 1 saturated heterocycles. The SMILES string of the molecule is COc1cc(C(=O)N2CCC[C@@H]3CCCC[C@H]32)cc(Cl)c1OC. The molecule has 0 spiro atoms. The van der Waals surface area contributed by atoms with Gasteiger partial charge in [-0.1, -0.05) is 24.4 Å². The summed E-state index contributed by atoms with van der Waals surface area (Å²) in [5, 5.41) is 0.410. The number of ether oxygens (including phenoxy) is 2. The van der Waals surface area contributed by atoms with Crippen LogP contribution in [0, 0.1) is 5.92 Å². The van der Waals surface area contributed by atoms with Crippen LogP contribution in [0.5, 0.6) is 11.5 Å². The standard InChI is InChI=1S/C18H24ClNO3/c1-22-16-11-13(10-14(19)17(16)23-2)18(21)20-9-5-7-12-6-3-4-8-15(12)20/h10-12,15H,3-9H2,1-2H3/t12-,15+/m0/s1. The second-order valence-electron chi connectivity index (χ2n) is 6.45. The van der Waals surface area contributed by atoms with Gasteiger partial charge in [0.15, 0.2) is 11.5 Å². The summed E-state index contributed by atoms with van der Waals surface area (Å²) in [6.45, 7) is 0.839. The quantitative estimate of drug-likeness (QED) is 0.831. The van der Waals surface area contributed by atoms with Crippen LogP contribution < -0.4 is 9.47 Å². The number of methoxy groups -OCH3 is 2. The fraction of sp³-hybridized carbons (Fsp3) is 0.611. The molecule has 1 aliphatic heterocycles. The van der Waals surface area contributed by atoms with E-state index in [0.29, 0.717) is 34.0 Å². The summed E-state index contributed by atoms with van der Waals surface area (Å²) in [5.74, 6) is 1.70. The minimum atomic E-state index is 0.0597. The maximum Gasteiger partial charge on any atom is 0.254 e. The molecule has 1 aliphatic carbocycles. The van der Waals surface area contributed by atoms with Crippen LogP contribution in [-0.4, -0.2) is 37.6 Å². The van der Waals surface area contributed by atoms with E-state index in [0.717, 1.165) is 19.4 Å². The first-order chi connectivity index (χ1) is 11.2. The molecule has 0 bridgehead atoms. The van der Waals surface area contributed by atoms with E-state index in [1.165, 1.54) is 25.7 Å². The molecule has 2 aliphatic rings. The Kier molecular flexibility index (Phi) is 5.00. The highest BCUT2D eigenvalue weighted by Crippen LogP contribution is 2.39. The van der Waals surface area contributed by atoms with Gasteiger partial charge in [0.25, 0.3) is 5.91 Å². The van der Waals surface area contributed by atoms with Gasteiger partial charge in [-0.15, -0.1) is 0 Å². The van der Waals surface area contributed by atoms with Gasteiger partial charge in [-0.25, -0.2) is 0 Å². The molecule has 1 heterocycles. The zero-order valence-corrected chi connectivity index (χ0v) is 14.6. The predicted molar refractivity (Wildman–Crippen MR) is 90.6 cm³/mol. The van der Waals surface area contributed by atoms with E-state index in [9.17, 15) is 4.79 Å². The number of fused-ring (bicyclic) bond motifs is 1. The van der Waals surface area contributed by atoms with E-state index in [4.69, 9.17) is 21.1 Å². The summed E-state index contributed by atoms with van der Waals surface area (Å²) in [6, 6.07) is 3.81. The molecule has 0 N–H and O–H groups in total. The molecule has 4 nitrogen and oxygen atoms in total. The van der Waals surface area contributed by atoms with Crippen molar-refractivity contribution in [1.82, 2.24) is 4.90 Å². The summed E-state index contributed by atoms with van der Waals surface area (Å²) < 4.78 is 10.6. The van der Waals surface area contributed by atoms with Crippen molar-refractivity contribution in [3.63, 3.8) is 0 Å². The van der Waals surface area contributed by atoms with Crippen molar-refractivity contribution in [3.8, 4) is 11.5 Å². The highest BCUT2D eigenvalue weighted by molar-refractivity contribution is 6.32. The van der Waals surface area contributed by atoms with Crippen LogP contribution in [0.15, 0.2) is 12.1 Å². The van der Waals surface area contributed by atoms with Crippen molar-refractivity contribution in [2.75, 3.05) is 20.8 Å². The third-order valence-electron chi connectivity index (χ3n) is 5.18. The summed E-state index contributed by atoms with van der Waals surface area (Å²) in [5.41, 5.74) is 0.582. The Balaban J connectivity index is 1.88. The Morgan fingerprint density at radius 1 is 1.13 bits per heavy atom. The summed E-state index contributed by atoms with van der Waals surface area (Å²) in [4.78, 5) is 15.1. The normalized spacial score (nSPS) is 24.0. The zero-order chi connectivity index (χ0) is 16.4. The van der Waals surface area contributed by atoms with Gasteiger partial charge in [0, 0.05) is 18.2 Å². The number of halogens is 1. The highest BCUT2D eigenvalue weighted by Gasteiger charge is 2.36. The maximum atomic E-state index is 13.0. The maximum absolute atomic E-state index is 13.0. The van der Waals surface area contributed by atoms with Gasteiger partial charge in [-0.05, 0) is 43.7 Å². The second kappa shape index (κ2) is 7.00. The van der Waals surface area contributed by atoms with Gasteiger partial charge in [-0.3, -0.25) is 4.79 Å². The van der Waals surface area contributed by atoms with Gasteiger partial charge < -0.3 is 14.4 Å². The van der Waals surface area contributed by atoms with Crippen LogP contribution in [0.4, 0.5) is 0 Å². The lowest BCUT2D eigenvalue weighted by Gasteiger charge is -2.44. The molecule has 3 rings (SSSR count). The molecule has 0 radical (unpaired) electrons. The van der Waals surface area contributed by atoms with E-state index in [1.54, 1.807) is 26.4 Å². The van der Waals surface area contributed by atoms with Crippen molar-refractivity contribution in [2.45, 2.75) is 44.6 Å². The van der Waals surface area contributed by atoms with Crippen LogP contribution >= 0.6 is 11.6 Å². The molecule has 1 amide bonds. The molecule has 0 aromatic heterocycles. The molecule has 23 heavy (non-hydrogen) atoms. The van der Waals surface area contributed by atoms with E-state index < -0.39 is 0 Å². The average Bonchev–Trinajstić information content (AvgIpc) is 2.59. The summed E-state index contributed by atoms with van der Waals surface area (Å²) in [7, 11) is 3.10. The monoisotopic (exact) mass is 337 g/mol. The van der Waals surface area contributed by atoms with Crippen molar-refractivity contribution in [2.24, 2.45) is 5.92 Å². The topological polar surface area (TPSA) is 38.8 Å². The molecule has 2 fully saturated rings. The Morgan fingerprint density at radius 3 is 2.61 bits per heavy atom. The van der Waals surface area contributed by atoms with E-state index >= 15 is 0 Å². The molecular formula is C18H24ClNO3. The Labute approximate surface area is 142 Å². The second-order valence-corrected chi connectivity index (χ2v) is 6.85. The number of hydrogen-bond donors (Lipinski definition) is 0. The van der Waals surface area contributed by atoms with Gasteiger partial charge >= 0.3 is 0 Å². The minimum absolute atomic E-state index is 0.0597. The average molecular weight is 338 g/mol. The number of rotatable bonds is 3. The number of hydrogen-bond acceptors (Lipinski definition) is 3. The number of piperidine rings is 1. The number of carbonyl (C=O) groups is 1. The molecule has 2 atom stereocenters. The van der Waals surface area contributed by atoms with Crippen LogP contribution in [0.3, 0.4) is 0 Å². The fourth-order valence-corrected chi connectivity index (χ4v) is 4.37. The summed E-state index contributed by atoms with van der Waals surface area (Å²) in [6.07, 6.45) is 7.23. The Bertz CT molecular complexity index is 588. The number of nitrogens with zero attached hydrogens (tertiary/aromatic N) is 1. The van der Waals surface area contributed by atoms with Crippen LogP contribution in [0.1, 0.15) is 48.9 Å². The number of carbonyl (C=O) groups excluding carboxylic acids is 1. The van der Waals surface area contributed by atoms with E-state index in [2.05, 4.69) is 4.90 Å². The predicted octanol–water partition coefficient (Wildman–Crippen LogP) is 4.15. The molecule has 1 aromatic carbocycles.